The van der Waals surface area contributed by atoms with Gasteiger partial charge in [0.25, 0.3) is 5.56 Å². The molecule has 0 N–H and O–H groups in total. The number of ether oxygens (including phenoxy) is 1. The van der Waals surface area contributed by atoms with Gasteiger partial charge >= 0.3 is 0 Å². The van der Waals surface area contributed by atoms with Gasteiger partial charge in [0.2, 0.25) is 11.9 Å². The first-order valence-corrected chi connectivity index (χ1v) is 9.86. The van der Waals surface area contributed by atoms with Crippen molar-refractivity contribution in [2.24, 2.45) is 0 Å². The van der Waals surface area contributed by atoms with Gasteiger partial charge in [-0.1, -0.05) is 13.3 Å². The van der Waals surface area contributed by atoms with E-state index in [1.807, 2.05) is 40.7 Å². The summed E-state index contributed by atoms with van der Waals surface area (Å²) in [6, 6.07) is 3.45. The highest BCUT2D eigenvalue weighted by Gasteiger charge is 2.27. The smallest absolute Gasteiger partial charge is 0.255 e. The first-order chi connectivity index (χ1) is 13.3. The van der Waals surface area contributed by atoms with Crippen LogP contribution < -0.4 is 5.56 Å². The molecule has 1 aliphatic rings. The van der Waals surface area contributed by atoms with Gasteiger partial charge < -0.3 is 9.64 Å². The van der Waals surface area contributed by atoms with E-state index in [4.69, 9.17) is 4.74 Å². The summed E-state index contributed by atoms with van der Waals surface area (Å²) in [7, 11) is 0. The minimum atomic E-state index is -0.233. The molecular weight excluding hydrogens is 358 g/mol. The van der Waals surface area contributed by atoms with E-state index < -0.39 is 0 Å². The van der Waals surface area contributed by atoms with Gasteiger partial charge in [0.15, 0.2) is 0 Å². The number of hydrogen-bond donors (Lipinski definition) is 0. The van der Waals surface area contributed by atoms with Crippen LogP contribution in [0.3, 0.4) is 0 Å². The van der Waals surface area contributed by atoms with Gasteiger partial charge in [-0.2, -0.15) is 5.10 Å². The average Bonchev–Trinajstić information content (AvgIpc) is 2.94. The van der Waals surface area contributed by atoms with Crippen molar-refractivity contribution >= 4 is 5.91 Å². The maximum absolute atomic E-state index is 12.9. The molecule has 3 heterocycles. The fourth-order valence-corrected chi connectivity index (χ4v) is 3.68. The normalized spacial score (nSPS) is 19.8. The summed E-state index contributed by atoms with van der Waals surface area (Å²) in [6.45, 7) is 10.7. The summed E-state index contributed by atoms with van der Waals surface area (Å²) in [6.07, 6.45) is 1.54. The molecular formula is C20H29N5O3. The molecule has 1 amide bonds. The van der Waals surface area contributed by atoms with Crippen molar-refractivity contribution in [1.29, 1.82) is 0 Å². The standard InChI is InChI=1S/C20H29N5O3/c1-6-7-17-9-18(26)24(20(21-17)25-14(3)8-13(2)22-25)12-19(27)23-10-15(4)28-16(5)11-23/h8-9,15-16H,6-7,10-12H2,1-5H3/t15-,16-/m0/s1. The Morgan fingerprint density at radius 1 is 1.21 bits per heavy atom. The second kappa shape index (κ2) is 8.26. The van der Waals surface area contributed by atoms with Crippen molar-refractivity contribution in [3.8, 4) is 5.95 Å². The van der Waals surface area contributed by atoms with Crippen LogP contribution in [0.25, 0.3) is 5.95 Å². The lowest BCUT2D eigenvalue weighted by Crippen LogP contribution is -2.49. The van der Waals surface area contributed by atoms with E-state index in [2.05, 4.69) is 10.1 Å². The van der Waals surface area contributed by atoms with E-state index in [1.54, 1.807) is 9.58 Å². The van der Waals surface area contributed by atoms with Crippen LogP contribution in [0.5, 0.6) is 0 Å². The molecule has 2 aromatic rings. The third kappa shape index (κ3) is 4.32. The zero-order valence-corrected chi connectivity index (χ0v) is 17.3. The Labute approximate surface area is 165 Å². The van der Waals surface area contributed by atoms with E-state index in [9.17, 15) is 9.59 Å². The van der Waals surface area contributed by atoms with Crippen LogP contribution in [0, 0.1) is 13.8 Å². The van der Waals surface area contributed by atoms with Crippen LogP contribution >= 0.6 is 0 Å². The van der Waals surface area contributed by atoms with Crippen molar-refractivity contribution < 1.29 is 9.53 Å². The summed E-state index contributed by atoms with van der Waals surface area (Å²) in [5, 5.41) is 4.48. The summed E-state index contributed by atoms with van der Waals surface area (Å²) in [4.78, 5) is 32.2. The van der Waals surface area contributed by atoms with Gasteiger partial charge in [-0.05, 0) is 40.2 Å². The van der Waals surface area contributed by atoms with E-state index in [0.717, 1.165) is 17.8 Å². The molecule has 1 saturated heterocycles. The fraction of sp³-hybridized carbons (Fsp3) is 0.600. The van der Waals surface area contributed by atoms with Crippen molar-refractivity contribution in [3.63, 3.8) is 0 Å². The van der Waals surface area contributed by atoms with Crippen LogP contribution in [-0.4, -0.2) is 55.4 Å². The number of carbonyl (C=O) groups is 1. The van der Waals surface area contributed by atoms with Crippen molar-refractivity contribution in [3.05, 3.63) is 39.6 Å². The van der Waals surface area contributed by atoms with Gasteiger partial charge in [0, 0.05) is 30.5 Å². The molecule has 0 aromatic carbocycles. The molecule has 2 atom stereocenters. The molecule has 0 unspecified atom stereocenters. The quantitative estimate of drug-likeness (QED) is 0.779. The molecule has 8 heteroatoms. The fourth-order valence-electron chi connectivity index (χ4n) is 3.68. The maximum Gasteiger partial charge on any atom is 0.255 e. The van der Waals surface area contributed by atoms with Gasteiger partial charge in [-0.15, -0.1) is 0 Å². The molecule has 0 spiro atoms. The largest absolute Gasteiger partial charge is 0.372 e. The summed E-state index contributed by atoms with van der Waals surface area (Å²) >= 11 is 0. The molecule has 1 fully saturated rings. The summed E-state index contributed by atoms with van der Waals surface area (Å²) < 4.78 is 8.77. The Morgan fingerprint density at radius 2 is 1.89 bits per heavy atom. The van der Waals surface area contributed by atoms with Crippen LogP contribution in [0.4, 0.5) is 0 Å². The van der Waals surface area contributed by atoms with Gasteiger partial charge in [-0.25, -0.2) is 9.67 Å². The second-order valence-electron chi connectivity index (χ2n) is 7.62. The highest BCUT2D eigenvalue weighted by Crippen LogP contribution is 2.14. The molecule has 0 saturated carbocycles. The molecule has 2 aromatic heterocycles. The molecule has 0 bridgehead atoms. The predicted molar refractivity (Wildman–Crippen MR) is 106 cm³/mol. The van der Waals surface area contributed by atoms with Crippen LogP contribution in [0.1, 0.15) is 44.3 Å². The van der Waals surface area contributed by atoms with Gasteiger partial charge in [-0.3, -0.25) is 14.2 Å². The summed E-state index contributed by atoms with van der Waals surface area (Å²) in [5.74, 6) is 0.279. The Hall–Kier alpha value is -2.48. The van der Waals surface area contributed by atoms with E-state index in [0.29, 0.717) is 31.2 Å². The number of carbonyl (C=O) groups excluding carboxylic acids is 1. The zero-order chi connectivity index (χ0) is 20.4. The van der Waals surface area contributed by atoms with E-state index in [-0.39, 0.29) is 30.2 Å². The Kier molecular flexibility index (Phi) is 5.98. The van der Waals surface area contributed by atoms with E-state index in [1.165, 1.54) is 10.6 Å². The number of nitrogens with zero attached hydrogens (tertiary/aromatic N) is 5. The third-order valence-electron chi connectivity index (χ3n) is 4.81. The molecule has 1 aliphatic heterocycles. The third-order valence-corrected chi connectivity index (χ3v) is 4.81. The SMILES string of the molecule is CCCc1cc(=O)n(CC(=O)N2C[C@H](C)O[C@@H](C)C2)c(-n2nc(C)cc2C)n1. The number of amides is 1. The first kappa shape index (κ1) is 20.3. The van der Waals surface area contributed by atoms with Crippen molar-refractivity contribution in [2.45, 2.75) is 66.2 Å². The Bertz CT molecular complexity index is 907. The number of morpholine rings is 1. The van der Waals surface area contributed by atoms with Gasteiger partial charge in [0.1, 0.15) is 6.54 Å². The highest BCUT2D eigenvalue weighted by molar-refractivity contribution is 5.76. The van der Waals surface area contributed by atoms with E-state index >= 15 is 0 Å². The second-order valence-corrected chi connectivity index (χ2v) is 7.62. The molecule has 0 radical (unpaired) electrons. The lowest BCUT2D eigenvalue weighted by molar-refractivity contribution is -0.143. The summed E-state index contributed by atoms with van der Waals surface area (Å²) in [5.41, 5.74) is 2.19. The lowest BCUT2D eigenvalue weighted by Gasteiger charge is -2.35. The molecule has 8 nitrogen and oxygen atoms in total. The Morgan fingerprint density at radius 3 is 2.46 bits per heavy atom. The number of rotatable bonds is 5. The van der Waals surface area contributed by atoms with Crippen LogP contribution in [-0.2, 0) is 22.5 Å². The van der Waals surface area contributed by atoms with Crippen molar-refractivity contribution in [1.82, 2.24) is 24.2 Å². The maximum atomic E-state index is 12.9. The predicted octanol–water partition coefficient (Wildman–Crippen LogP) is 1.63. The Balaban J connectivity index is 1.98. The highest BCUT2D eigenvalue weighted by atomic mass is 16.5. The zero-order valence-electron chi connectivity index (χ0n) is 17.3. The minimum absolute atomic E-state index is 0.0232. The molecule has 28 heavy (non-hydrogen) atoms. The monoisotopic (exact) mass is 387 g/mol. The first-order valence-electron chi connectivity index (χ1n) is 9.86. The lowest BCUT2D eigenvalue weighted by atomic mass is 10.2. The molecule has 3 rings (SSSR count). The topological polar surface area (TPSA) is 82.3 Å². The molecule has 152 valence electrons. The molecule has 0 aliphatic carbocycles. The minimum Gasteiger partial charge on any atom is -0.372 e. The van der Waals surface area contributed by atoms with Crippen LogP contribution in [0.15, 0.2) is 16.9 Å². The number of hydrogen-bond acceptors (Lipinski definition) is 5. The van der Waals surface area contributed by atoms with Gasteiger partial charge in [0.05, 0.1) is 17.9 Å². The van der Waals surface area contributed by atoms with Crippen molar-refractivity contribution in [2.75, 3.05) is 13.1 Å². The van der Waals surface area contributed by atoms with Crippen LogP contribution in [0.2, 0.25) is 0 Å². The number of aryl methyl sites for hydroxylation is 3. The average molecular weight is 387 g/mol. The number of aromatic nitrogens is 4.